The Kier molecular flexibility index (Phi) is 4.39. The molecule has 1 aromatic heterocycles. The van der Waals surface area contributed by atoms with Crippen molar-refractivity contribution >= 4 is 22.9 Å². The monoisotopic (exact) mass is 292 g/mol. The van der Waals surface area contributed by atoms with Crippen molar-refractivity contribution in [2.24, 2.45) is 0 Å². The van der Waals surface area contributed by atoms with E-state index in [-0.39, 0.29) is 23.2 Å². The molecule has 0 spiro atoms. The number of nitrogen functional groups attached to an aromatic ring is 1. The molecule has 2 rings (SSSR count). The van der Waals surface area contributed by atoms with Crippen molar-refractivity contribution in [2.45, 2.75) is 26.4 Å². The second-order valence-corrected chi connectivity index (χ2v) is 5.84. The first kappa shape index (κ1) is 14.5. The van der Waals surface area contributed by atoms with Crippen LogP contribution in [0.3, 0.4) is 0 Å². The van der Waals surface area contributed by atoms with Crippen LogP contribution >= 0.6 is 11.3 Å². The molecular formula is C15H17FN2OS. The number of anilines is 1. The van der Waals surface area contributed by atoms with Gasteiger partial charge in [0, 0.05) is 10.9 Å². The van der Waals surface area contributed by atoms with E-state index in [4.69, 9.17) is 5.73 Å². The highest BCUT2D eigenvalue weighted by molar-refractivity contribution is 7.09. The summed E-state index contributed by atoms with van der Waals surface area (Å²) in [6.07, 6.45) is 0. The SMILES string of the molecule is CC(C)N(Cc1cccs1)C(=O)c1cccc(F)c1N. The highest BCUT2D eigenvalue weighted by Crippen LogP contribution is 2.21. The molecule has 0 atom stereocenters. The van der Waals surface area contributed by atoms with Gasteiger partial charge in [0.15, 0.2) is 0 Å². The Labute approximate surface area is 121 Å². The predicted molar refractivity (Wildman–Crippen MR) is 80.1 cm³/mol. The number of benzene rings is 1. The van der Waals surface area contributed by atoms with Gasteiger partial charge in [0.2, 0.25) is 0 Å². The lowest BCUT2D eigenvalue weighted by atomic mass is 10.1. The molecule has 3 nitrogen and oxygen atoms in total. The molecular weight excluding hydrogens is 275 g/mol. The Balaban J connectivity index is 2.29. The third-order valence-electron chi connectivity index (χ3n) is 3.07. The van der Waals surface area contributed by atoms with Crippen LogP contribution < -0.4 is 5.73 Å². The number of nitrogens with two attached hydrogens (primary N) is 1. The second kappa shape index (κ2) is 6.05. The number of thiophene rings is 1. The number of hydrogen-bond donors (Lipinski definition) is 1. The third kappa shape index (κ3) is 2.99. The molecule has 0 bridgehead atoms. The van der Waals surface area contributed by atoms with Crippen LogP contribution in [-0.4, -0.2) is 16.8 Å². The first-order valence-corrected chi connectivity index (χ1v) is 7.26. The Morgan fingerprint density at radius 1 is 1.35 bits per heavy atom. The fourth-order valence-corrected chi connectivity index (χ4v) is 2.64. The molecule has 0 aliphatic rings. The van der Waals surface area contributed by atoms with E-state index in [9.17, 15) is 9.18 Å². The molecule has 0 unspecified atom stereocenters. The van der Waals surface area contributed by atoms with Gasteiger partial charge in [-0.2, -0.15) is 0 Å². The lowest BCUT2D eigenvalue weighted by Crippen LogP contribution is -2.36. The molecule has 2 aromatic rings. The minimum atomic E-state index is -0.560. The normalized spacial score (nSPS) is 10.8. The summed E-state index contributed by atoms with van der Waals surface area (Å²) in [6, 6.07) is 8.24. The maximum absolute atomic E-state index is 13.5. The quantitative estimate of drug-likeness (QED) is 0.876. The van der Waals surface area contributed by atoms with Crippen LogP contribution in [-0.2, 0) is 6.54 Å². The number of amides is 1. The molecule has 106 valence electrons. The van der Waals surface area contributed by atoms with Gasteiger partial charge >= 0.3 is 0 Å². The van der Waals surface area contributed by atoms with Crippen LogP contribution in [0, 0.1) is 5.82 Å². The summed E-state index contributed by atoms with van der Waals surface area (Å²) < 4.78 is 13.5. The average Bonchev–Trinajstić information content (AvgIpc) is 2.91. The molecule has 2 N–H and O–H groups in total. The summed E-state index contributed by atoms with van der Waals surface area (Å²) in [5.74, 6) is -0.805. The van der Waals surface area contributed by atoms with Gasteiger partial charge in [-0.15, -0.1) is 11.3 Å². The van der Waals surface area contributed by atoms with E-state index < -0.39 is 5.82 Å². The number of rotatable bonds is 4. The van der Waals surface area contributed by atoms with Crippen LogP contribution in [0.4, 0.5) is 10.1 Å². The molecule has 5 heteroatoms. The highest BCUT2D eigenvalue weighted by Gasteiger charge is 2.22. The number of para-hydroxylation sites is 1. The summed E-state index contributed by atoms with van der Waals surface area (Å²) in [6.45, 7) is 4.37. The third-order valence-corrected chi connectivity index (χ3v) is 3.93. The molecule has 0 saturated carbocycles. The molecule has 0 fully saturated rings. The molecule has 1 aromatic carbocycles. The average molecular weight is 292 g/mol. The molecule has 1 heterocycles. The summed E-state index contributed by atoms with van der Waals surface area (Å²) in [5, 5.41) is 1.97. The van der Waals surface area contributed by atoms with E-state index in [0.717, 1.165) is 4.88 Å². The summed E-state index contributed by atoms with van der Waals surface area (Å²) in [4.78, 5) is 15.3. The largest absolute Gasteiger partial charge is 0.396 e. The zero-order valence-corrected chi connectivity index (χ0v) is 12.3. The van der Waals surface area contributed by atoms with Gasteiger partial charge in [-0.1, -0.05) is 12.1 Å². The number of halogens is 1. The summed E-state index contributed by atoms with van der Waals surface area (Å²) in [7, 11) is 0. The Hall–Kier alpha value is -1.88. The van der Waals surface area contributed by atoms with E-state index in [1.54, 1.807) is 22.3 Å². The van der Waals surface area contributed by atoms with Crippen molar-refractivity contribution in [3.8, 4) is 0 Å². The lowest BCUT2D eigenvalue weighted by molar-refractivity contribution is 0.0693. The van der Waals surface area contributed by atoms with E-state index in [0.29, 0.717) is 6.54 Å². The first-order valence-electron chi connectivity index (χ1n) is 6.38. The van der Waals surface area contributed by atoms with Crippen LogP contribution in [0.1, 0.15) is 29.1 Å². The van der Waals surface area contributed by atoms with Crippen LogP contribution in [0.2, 0.25) is 0 Å². The van der Waals surface area contributed by atoms with Gasteiger partial charge in [-0.3, -0.25) is 4.79 Å². The van der Waals surface area contributed by atoms with Gasteiger partial charge < -0.3 is 10.6 Å². The standard InChI is InChI=1S/C15H17FN2OS/c1-10(2)18(9-11-5-4-8-20-11)15(19)12-6-3-7-13(16)14(12)17/h3-8,10H,9,17H2,1-2H3. The smallest absolute Gasteiger partial charge is 0.256 e. The summed E-state index contributed by atoms with van der Waals surface area (Å²) >= 11 is 1.59. The fraction of sp³-hybridized carbons (Fsp3) is 0.267. The van der Waals surface area contributed by atoms with Crippen LogP contribution in [0.5, 0.6) is 0 Å². The van der Waals surface area contributed by atoms with Gasteiger partial charge in [-0.05, 0) is 37.4 Å². The van der Waals surface area contributed by atoms with Crippen molar-refractivity contribution in [3.05, 3.63) is 52.0 Å². The maximum atomic E-state index is 13.5. The van der Waals surface area contributed by atoms with Gasteiger partial charge in [0.1, 0.15) is 5.82 Å². The van der Waals surface area contributed by atoms with Gasteiger partial charge in [0.25, 0.3) is 5.91 Å². The zero-order valence-electron chi connectivity index (χ0n) is 11.5. The van der Waals surface area contributed by atoms with Crippen molar-refractivity contribution in [1.29, 1.82) is 0 Å². The van der Waals surface area contributed by atoms with Gasteiger partial charge in [0.05, 0.1) is 17.8 Å². The summed E-state index contributed by atoms with van der Waals surface area (Å²) in [5.41, 5.74) is 5.80. The fourth-order valence-electron chi connectivity index (χ4n) is 1.94. The number of carbonyl (C=O) groups is 1. The van der Waals surface area contributed by atoms with E-state index in [2.05, 4.69) is 0 Å². The van der Waals surface area contributed by atoms with Crippen LogP contribution in [0.25, 0.3) is 0 Å². The highest BCUT2D eigenvalue weighted by atomic mass is 32.1. The van der Waals surface area contributed by atoms with E-state index in [1.807, 2.05) is 31.4 Å². The minimum Gasteiger partial charge on any atom is -0.396 e. The predicted octanol–water partition coefficient (Wildman–Crippen LogP) is 3.52. The molecule has 0 aliphatic carbocycles. The van der Waals surface area contributed by atoms with Crippen molar-refractivity contribution < 1.29 is 9.18 Å². The molecule has 0 aliphatic heterocycles. The van der Waals surface area contributed by atoms with Crippen molar-refractivity contribution in [3.63, 3.8) is 0 Å². The number of nitrogens with zero attached hydrogens (tertiary/aromatic N) is 1. The van der Waals surface area contributed by atoms with E-state index >= 15 is 0 Å². The number of hydrogen-bond acceptors (Lipinski definition) is 3. The lowest BCUT2D eigenvalue weighted by Gasteiger charge is -2.27. The van der Waals surface area contributed by atoms with Crippen molar-refractivity contribution in [1.82, 2.24) is 4.90 Å². The second-order valence-electron chi connectivity index (χ2n) is 4.81. The molecule has 0 radical (unpaired) electrons. The topological polar surface area (TPSA) is 46.3 Å². The number of carbonyl (C=O) groups excluding carboxylic acids is 1. The first-order chi connectivity index (χ1) is 9.50. The van der Waals surface area contributed by atoms with E-state index in [1.165, 1.54) is 12.1 Å². The zero-order chi connectivity index (χ0) is 14.7. The van der Waals surface area contributed by atoms with Crippen molar-refractivity contribution in [2.75, 3.05) is 5.73 Å². The van der Waals surface area contributed by atoms with Crippen LogP contribution in [0.15, 0.2) is 35.7 Å². The van der Waals surface area contributed by atoms with Gasteiger partial charge in [-0.25, -0.2) is 4.39 Å². The molecule has 1 amide bonds. The molecule has 0 saturated heterocycles. The molecule has 20 heavy (non-hydrogen) atoms. The Bertz CT molecular complexity index is 596. The Morgan fingerprint density at radius 3 is 2.70 bits per heavy atom. The Morgan fingerprint density at radius 2 is 2.10 bits per heavy atom. The minimum absolute atomic E-state index is 0.00673. The maximum Gasteiger partial charge on any atom is 0.256 e.